The molecule has 0 saturated heterocycles. The highest BCUT2D eigenvalue weighted by Crippen LogP contribution is 2.16. The molecule has 0 aliphatic rings. The molecule has 70 valence electrons. The zero-order valence-corrected chi connectivity index (χ0v) is 8.34. The van der Waals surface area contributed by atoms with Crippen LogP contribution in [0.3, 0.4) is 0 Å². The van der Waals surface area contributed by atoms with Crippen LogP contribution in [0.2, 0.25) is 0 Å². The molecule has 0 atom stereocenters. The summed E-state index contributed by atoms with van der Waals surface area (Å²) in [7, 11) is 0. The molecule has 13 heavy (non-hydrogen) atoms. The first-order chi connectivity index (χ1) is 6.33. The Morgan fingerprint density at radius 2 is 2.08 bits per heavy atom. The minimum absolute atomic E-state index is 0.156. The monoisotopic (exact) mass is 196 g/mol. The Morgan fingerprint density at radius 3 is 2.69 bits per heavy atom. The molecule has 0 aromatic heterocycles. The molecule has 0 saturated carbocycles. The molecule has 2 nitrogen and oxygen atoms in total. The third-order valence-electron chi connectivity index (χ3n) is 1.41. The average Bonchev–Trinajstić information content (AvgIpc) is 2.17. The molecule has 1 aromatic rings. The van der Waals surface area contributed by atoms with Crippen molar-refractivity contribution in [1.29, 1.82) is 0 Å². The summed E-state index contributed by atoms with van der Waals surface area (Å²) in [6, 6.07) is 9.81. The van der Waals surface area contributed by atoms with Gasteiger partial charge < -0.3 is 4.74 Å². The molecule has 1 aromatic carbocycles. The van der Waals surface area contributed by atoms with E-state index in [2.05, 4.69) is 0 Å². The Balaban J connectivity index is 2.31. The van der Waals surface area contributed by atoms with Crippen LogP contribution < -0.4 is 0 Å². The molecule has 0 aliphatic heterocycles. The summed E-state index contributed by atoms with van der Waals surface area (Å²) in [6.45, 7) is 2.26. The first-order valence-corrected chi connectivity index (χ1v) is 5.15. The van der Waals surface area contributed by atoms with Crippen molar-refractivity contribution in [3.05, 3.63) is 30.3 Å². The maximum absolute atomic E-state index is 11.0. The number of carbonyl (C=O) groups excluding carboxylic acids is 1. The standard InChI is InChI=1S/C10H12O2S/c1-2-12-10(11)8-13-9-6-4-3-5-7-9/h3-7H,2,8H2,1H3. The number of thioether (sulfide) groups is 1. The van der Waals surface area contributed by atoms with Crippen molar-refractivity contribution >= 4 is 17.7 Å². The Labute approximate surface area is 82.3 Å². The maximum Gasteiger partial charge on any atom is 0.316 e. The van der Waals surface area contributed by atoms with Gasteiger partial charge in [0.25, 0.3) is 0 Å². The Bertz CT molecular complexity index is 259. The third kappa shape index (κ3) is 3.99. The molecular weight excluding hydrogens is 184 g/mol. The Hall–Kier alpha value is -0.960. The molecule has 0 radical (unpaired) electrons. The van der Waals surface area contributed by atoms with Gasteiger partial charge in [-0.1, -0.05) is 18.2 Å². The number of esters is 1. The summed E-state index contributed by atoms with van der Waals surface area (Å²) in [4.78, 5) is 12.1. The van der Waals surface area contributed by atoms with Crippen LogP contribution in [0.4, 0.5) is 0 Å². The van der Waals surface area contributed by atoms with E-state index in [-0.39, 0.29) is 5.97 Å². The first kappa shape index (κ1) is 10.1. The molecular formula is C10H12O2S. The van der Waals surface area contributed by atoms with E-state index in [1.54, 1.807) is 0 Å². The number of hydrogen-bond acceptors (Lipinski definition) is 3. The van der Waals surface area contributed by atoms with Crippen LogP contribution in [0.15, 0.2) is 35.2 Å². The fourth-order valence-corrected chi connectivity index (χ4v) is 1.58. The quantitative estimate of drug-likeness (QED) is 0.546. The summed E-state index contributed by atoms with van der Waals surface area (Å²) in [6.07, 6.45) is 0. The third-order valence-corrected chi connectivity index (χ3v) is 2.39. The van der Waals surface area contributed by atoms with Crippen LogP contribution >= 0.6 is 11.8 Å². The van der Waals surface area contributed by atoms with Gasteiger partial charge >= 0.3 is 5.97 Å². The van der Waals surface area contributed by atoms with Crippen molar-refractivity contribution in [3.63, 3.8) is 0 Å². The van der Waals surface area contributed by atoms with Gasteiger partial charge in [0.15, 0.2) is 0 Å². The Morgan fingerprint density at radius 1 is 1.38 bits per heavy atom. The van der Waals surface area contributed by atoms with Crippen LogP contribution in [-0.2, 0) is 9.53 Å². The van der Waals surface area contributed by atoms with E-state index in [9.17, 15) is 4.79 Å². The molecule has 0 unspecified atom stereocenters. The second-order valence-electron chi connectivity index (χ2n) is 2.41. The first-order valence-electron chi connectivity index (χ1n) is 4.16. The highest BCUT2D eigenvalue weighted by atomic mass is 32.2. The van der Waals surface area contributed by atoms with E-state index < -0.39 is 0 Å². The highest BCUT2D eigenvalue weighted by molar-refractivity contribution is 8.00. The summed E-state index contributed by atoms with van der Waals surface area (Å²) < 4.78 is 4.80. The molecule has 0 bridgehead atoms. The molecule has 0 fully saturated rings. The van der Waals surface area contributed by atoms with E-state index in [1.165, 1.54) is 11.8 Å². The summed E-state index contributed by atoms with van der Waals surface area (Å²) in [5.41, 5.74) is 0. The number of hydrogen-bond donors (Lipinski definition) is 0. The lowest BCUT2D eigenvalue weighted by atomic mass is 10.4. The van der Waals surface area contributed by atoms with E-state index in [4.69, 9.17) is 4.74 Å². The van der Waals surface area contributed by atoms with Crippen LogP contribution in [0.5, 0.6) is 0 Å². The largest absolute Gasteiger partial charge is 0.465 e. The van der Waals surface area contributed by atoms with Gasteiger partial charge in [-0.2, -0.15) is 0 Å². The van der Waals surface area contributed by atoms with Crippen molar-refractivity contribution in [3.8, 4) is 0 Å². The molecule has 0 heterocycles. The van der Waals surface area contributed by atoms with Crippen molar-refractivity contribution < 1.29 is 9.53 Å². The molecule has 1 rings (SSSR count). The fourth-order valence-electron chi connectivity index (χ4n) is 0.862. The van der Waals surface area contributed by atoms with Crippen LogP contribution in [-0.4, -0.2) is 18.3 Å². The van der Waals surface area contributed by atoms with Gasteiger partial charge in [0.1, 0.15) is 0 Å². The fraction of sp³-hybridized carbons (Fsp3) is 0.300. The second-order valence-corrected chi connectivity index (χ2v) is 3.46. The zero-order valence-electron chi connectivity index (χ0n) is 7.53. The van der Waals surface area contributed by atoms with Gasteiger partial charge in [-0.15, -0.1) is 11.8 Å². The smallest absolute Gasteiger partial charge is 0.316 e. The van der Waals surface area contributed by atoms with Crippen LogP contribution in [0, 0.1) is 0 Å². The lowest BCUT2D eigenvalue weighted by Crippen LogP contribution is -2.06. The number of ether oxygens (including phenoxy) is 1. The summed E-state index contributed by atoms with van der Waals surface area (Å²) >= 11 is 1.49. The molecule has 0 N–H and O–H groups in total. The topological polar surface area (TPSA) is 26.3 Å². The molecule has 0 amide bonds. The molecule has 3 heteroatoms. The highest BCUT2D eigenvalue weighted by Gasteiger charge is 2.01. The van der Waals surface area contributed by atoms with E-state index in [0.29, 0.717) is 12.4 Å². The molecule has 0 spiro atoms. The number of benzene rings is 1. The normalized spacial score (nSPS) is 9.62. The summed E-state index contributed by atoms with van der Waals surface area (Å²) in [5, 5.41) is 0. The van der Waals surface area contributed by atoms with Crippen molar-refractivity contribution in [2.24, 2.45) is 0 Å². The number of carbonyl (C=O) groups is 1. The predicted molar refractivity (Wildman–Crippen MR) is 53.8 cm³/mol. The summed E-state index contributed by atoms with van der Waals surface area (Å²) in [5.74, 6) is 0.231. The lowest BCUT2D eigenvalue weighted by molar-refractivity contribution is -0.139. The van der Waals surface area contributed by atoms with Gasteiger partial charge in [-0.25, -0.2) is 0 Å². The average molecular weight is 196 g/mol. The van der Waals surface area contributed by atoms with Crippen molar-refractivity contribution in [1.82, 2.24) is 0 Å². The maximum atomic E-state index is 11.0. The predicted octanol–water partition coefficient (Wildman–Crippen LogP) is 2.34. The van der Waals surface area contributed by atoms with Crippen LogP contribution in [0.25, 0.3) is 0 Å². The van der Waals surface area contributed by atoms with E-state index in [0.717, 1.165) is 4.90 Å². The van der Waals surface area contributed by atoms with E-state index >= 15 is 0 Å². The minimum Gasteiger partial charge on any atom is -0.465 e. The van der Waals surface area contributed by atoms with Crippen molar-refractivity contribution in [2.75, 3.05) is 12.4 Å². The minimum atomic E-state index is -0.156. The van der Waals surface area contributed by atoms with Gasteiger partial charge in [-0.05, 0) is 19.1 Å². The van der Waals surface area contributed by atoms with Crippen LogP contribution in [0.1, 0.15) is 6.92 Å². The zero-order chi connectivity index (χ0) is 9.52. The van der Waals surface area contributed by atoms with Gasteiger partial charge in [0.2, 0.25) is 0 Å². The SMILES string of the molecule is CCOC(=O)CSc1ccccc1. The number of rotatable bonds is 4. The Kier molecular flexibility index (Phi) is 4.40. The van der Waals surface area contributed by atoms with E-state index in [1.807, 2.05) is 37.3 Å². The van der Waals surface area contributed by atoms with Gasteiger partial charge in [-0.3, -0.25) is 4.79 Å². The van der Waals surface area contributed by atoms with Gasteiger partial charge in [0, 0.05) is 4.90 Å². The molecule has 0 aliphatic carbocycles. The lowest BCUT2D eigenvalue weighted by Gasteiger charge is -2.00. The van der Waals surface area contributed by atoms with Crippen molar-refractivity contribution in [2.45, 2.75) is 11.8 Å². The van der Waals surface area contributed by atoms with Gasteiger partial charge in [0.05, 0.1) is 12.4 Å². The second kappa shape index (κ2) is 5.65.